The van der Waals surface area contributed by atoms with Crippen LogP contribution in [0.15, 0.2) is 41.2 Å². The van der Waals surface area contributed by atoms with Gasteiger partial charge in [-0.1, -0.05) is 29.8 Å². The quantitative estimate of drug-likeness (QED) is 0.640. The van der Waals surface area contributed by atoms with Crippen LogP contribution in [0.1, 0.15) is 11.3 Å². The lowest BCUT2D eigenvalue weighted by molar-refractivity contribution is -0.386. The number of pyridine rings is 1. The molecule has 0 aliphatic heterocycles. The zero-order valence-electron chi connectivity index (χ0n) is 10.2. The van der Waals surface area contributed by atoms with Crippen molar-refractivity contribution in [3.63, 3.8) is 0 Å². The molecular weight excluding hydrogens is 268 g/mol. The van der Waals surface area contributed by atoms with E-state index in [1.807, 2.05) is 0 Å². The third-order valence-corrected chi connectivity index (χ3v) is 3.28. The van der Waals surface area contributed by atoms with Gasteiger partial charge in [-0.2, -0.15) is 0 Å². The van der Waals surface area contributed by atoms with E-state index in [2.05, 4.69) is 0 Å². The SMILES string of the molecule is Cc1c([N+](=O)[O-])ccc(=O)n1Cc1ccccc1Cl. The van der Waals surface area contributed by atoms with E-state index >= 15 is 0 Å². The monoisotopic (exact) mass is 278 g/mol. The standard InChI is InChI=1S/C13H11ClN2O3/c1-9-12(16(18)19)6-7-13(17)15(9)8-10-4-2-3-5-11(10)14/h2-7H,8H2,1H3. The minimum Gasteiger partial charge on any atom is -0.302 e. The predicted octanol–water partition coefficient (Wildman–Crippen LogP) is 2.77. The van der Waals surface area contributed by atoms with Crippen molar-refractivity contribution in [2.45, 2.75) is 13.5 Å². The summed E-state index contributed by atoms with van der Waals surface area (Å²) in [6.07, 6.45) is 0. The fourth-order valence-electron chi connectivity index (χ4n) is 1.85. The van der Waals surface area contributed by atoms with Crippen LogP contribution < -0.4 is 5.56 Å². The van der Waals surface area contributed by atoms with Crippen LogP contribution in [0.4, 0.5) is 5.69 Å². The molecule has 0 aliphatic carbocycles. The summed E-state index contributed by atoms with van der Waals surface area (Å²) in [7, 11) is 0. The Morgan fingerprint density at radius 3 is 2.58 bits per heavy atom. The van der Waals surface area contributed by atoms with Crippen LogP contribution in [0.5, 0.6) is 0 Å². The topological polar surface area (TPSA) is 65.1 Å². The van der Waals surface area contributed by atoms with Gasteiger partial charge in [0.1, 0.15) is 0 Å². The van der Waals surface area contributed by atoms with Crippen LogP contribution in [0.25, 0.3) is 0 Å². The fourth-order valence-corrected chi connectivity index (χ4v) is 2.05. The maximum absolute atomic E-state index is 11.8. The Balaban J connectivity index is 2.52. The Hall–Kier alpha value is -2.14. The summed E-state index contributed by atoms with van der Waals surface area (Å²) in [5, 5.41) is 11.4. The van der Waals surface area contributed by atoms with Gasteiger partial charge in [-0.3, -0.25) is 14.9 Å². The molecule has 1 aromatic carbocycles. The summed E-state index contributed by atoms with van der Waals surface area (Å²) >= 11 is 6.03. The number of nitro groups is 1. The second-order valence-corrected chi connectivity index (χ2v) is 4.48. The molecule has 2 rings (SSSR count). The van der Waals surface area contributed by atoms with Gasteiger partial charge in [0.2, 0.25) is 0 Å². The first-order chi connectivity index (χ1) is 9.00. The van der Waals surface area contributed by atoms with Crippen molar-refractivity contribution in [2.24, 2.45) is 0 Å². The van der Waals surface area contributed by atoms with Crippen molar-refractivity contribution in [2.75, 3.05) is 0 Å². The number of benzene rings is 1. The molecule has 0 amide bonds. The molecule has 0 atom stereocenters. The molecule has 19 heavy (non-hydrogen) atoms. The van der Waals surface area contributed by atoms with Gasteiger partial charge in [0, 0.05) is 17.2 Å². The zero-order chi connectivity index (χ0) is 14.0. The van der Waals surface area contributed by atoms with Gasteiger partial charge in [0.25, 0.3) is 11.2 Å². The highest BCUT2D eigenvalue weighted by atomic mass is 35.5. The summed E-state index contributed by atoms with van der Waals surface area (Å²) in [4.78, 5) is 22.2. The average Bonchev–Trinajstić information content (AvgIpc) is 2.36. The molecule has 0 radical (unpaired) electrons. The second kappa shape index (κ2) is 5.24. The van der Waals surface area contributed by atoms with Gasteiger partial charge in [-0.15, -0.1) is 0 Å². The highest BCUT2D eigenvalue weighted by molar-refractivity contribution is 6.31. The number of rotatable bonds is 3. The van der Waals surface area contributed by atoms with Crippen molar-refractivity contribution in [1.82, 2.24) is 4.57 Å². The van der Waals surface area contributed by atoms with Gasteiger partial charge in [0.15, 0.2) is 0 Å². The van der Waals surface area contributed by atoms with Gasteiger partial charge >= 0.3 is 0 Å². The molecule has 0 saturated carbocycles. The van der Waals surface area contributed by atoms with Gasteiger partial charge in [0.05, 0.1) is 17.2 Å². The van der Waals surface area contributed by atoms with E-state index in [1.54, 1.807) is 31.2 Å². The van der Waals surface area contributed by atoms with Crippen LogP contribution in [-0.2, 0) is 6.54 Å². The summed E-state index contributed by atoms with van der Waals surface area (Å²) < 4.78 is 1.35. The third kappa shape index (κ3) is 2.66. The molecule has 2 aromatic rings. The Morgan fingerprint density at radius 1 is 1.26 bits per heavy atom. The Bertz CT molecular complexity index is 695. The zero-order valence-corrected chi connectivity index (χ0v) is 10.9. The maximum atomic E-state index is 11.8. The lowest BCUT2D eigenvalue weighted by atomic mass is 10.2. The molecule has 98 valence electrons. The molecule has 0 aliphatic rings. The average molecular weight is 279 g/mol. The second-order valence-electron chi connectivity index (χ2n) is 4.08. The fraction of sp³-hybridized carbons (Fsp3) is 0.154. The lowest BCUT2D eigenvalue weighted by Gasteiger charge is -2.10. The van der Waals surface area contributed by atoms with Gasteiger partial charge in [-0.05, 0) is 18.6 Å². The first-order valence-corrected chi connectivity index (χ1v) is 5.96. The molecule has 0 saturated heterocycles. The largest absolute Gasteiger partial charge is 0.302 e. The van der Waals surface area contributed by atoms with E-state index in [-0.39, 0.29) is 17.8 Å². The number of hydrogen-bond acceptors (Lipinski definition) is 3. The molecule has 1 aromatic heterocycles. The molecule has 0 N–H and O–H groups in total. The number of hydrogen-bond donors (Lipinski definition) is 0. The Morgan fingerprint density at radius 2 is 1.95 bits per heavy atom. The van der Waals surface area contributed by atoms with Crippen molar-refractivity contribution in [3.05, 3.63) is 73.1 Å². The van der Waals surface area contributed by atoms with E-state index in [0.29, 0.717) is 10.7 Å². The minimum atomic E-state index is -0.502. The summed E-state index contributed by atoms with van der Waals surface area (Å²) in [6, 6.07) is 9.51. The van der Waals surface area contributed by atoms with E-state index in [1.165, 1.54) is 16.7 Å². The number of nitrogens with zero attached hydrogens (tertiary/aromatic N) is 2. The van der Waals surface area contributed by atoms with Gasteiger partial charge in [-0.25, -0.2) is 0 Å². The van der Waals surface area contributed by atoms with Crippen LogP contribution in [0.3, 0.4) is 0 Å². The maximum Gasteiger partial charge on any atom is 0.288 e. The smallest absolute Gasteiger partial charge is 0.288 e. The molecule has 0 unspecified atom stereocenters. The molecule has 0 bridgehead atoms. The number of halogens is 1. The first-order valence-electron chi connectivity index (χ1n) is 5.59. The molecule has 6 heteroatoms. The Labute approximate surface area is 114 Å². The highest BCUT2D eigenvalue weighted by Gasteiger charge is 2.15. The third-order valence-electron chi connectivity index (χ3n) is 2.91. The normalized spacial score (nSPS) is 10.4. The van der Waals surface area contributed by atoms with Crippen LogP contribution in [0, 0.1) is 17.0 Å². The van der Waals surface area contributed by atoms with Crippen LogP contribution in [-0.4, -0.2) is 9.49 Å². The summed E-state index contributed by atoms with van der Waals surface area (Å²) in [6.45, 7) is 1.77. The summed E-state index contributed by atoms with van der Waals surface area (Å²) in [5.74, 6) is 0. The minimum absolute atomic E-state index is 0.0772. The predicted molar refractivity (Wildman–Crippen MR) is 72.6 cm³/mol. The Kier molecular flexibility index (Phi) is 3.66. The van der Waals surface area contributed by atoms with Crippen molar-refractivity contribution in [3.8, 4) is 0 Å². The first kappa shape index (κ1) is 13.3. The van der Waals surface area contributed by atoms with E-state index in [4.69, 9.17) is 11.6 Å². The van der Waals surface area contributed by atoms with Crippen LogP contribution in [0.2, 0.25) is 5.02 Å². The van der Waals surface area contributed by atoms with Crippen molar-refractivity contribution in [1.29, 1.82) is 0 Å². The van der Waals surface area contributed by atoms with E-state index in [0.717, 1.165) is 5.56 Å². The molecule has 0 spiro atoms. The summed E-state index contributed by atoms with van der Waals surface area (Å²) in [5.41, 5.74) is 0.696. The van der Waals surface area contributed by atoms with Crippen LogP contribution >= 0.6 is 11.6 Å². The highest BCUT2D eigenvalue weighted by Crippen LogP contribution is 2.19. The van der Waals surface area contributed by atoms with E-state index in [9.17, 15) is 14.9 Å². The molecule has 5 nitrogen and oxygen atoms in total. The lowest BCUT2D eigenvalue weighted by Crippen LogP contribution is -2.23. The molecule has 1 heterocycles. The molecule has 0 fully saturated rings. The van der Waals surface area contributed by atoms with Gasteiger partial charge < -0.3 is 4.57 Å². The van der Waals surface area contributed by atoms with Crippen molar-refractivity contribution >= 4 is 17.3 Å². The van der Waals surface area contributed by atoms with E-state index < -0.39 is 4.92 Å². The number of aromatic nitrogens is 1. The van der Waals surface area contributed by atoms with Crippen molar-refractivity contribution < 1.29 is 4.92 Å². The molecular formula is C13H11ClN2O3.